The van der Waals surface area contributed by atoms with Crippen LogP contribution in [0.2, 0.25) is 0 Å². The summed E-state index contributed by atoms with van der Waals surface area (Å²) in [6.07, 6.45) is 6.59. The van der Waals surface area contributed by atoms with Crippen molar-refractivity contribution in [2.75, 3.05) is 0 Å². The maximum atomic E-state index is 10.2. The van der Waals surface area contributed by atoms with Crippen LogP contribution in [0, 0.1) is 28.6 Å². The fourth-order valence-corrected chi connectivity index (χ4v) is 4.55. The second-order valence-electron chi connectivity index (χ2n) is 7.77. The Morgan fingerprint density at radius 1 is 1.24 bits per heavy atom. The van der Waals surface area contributed by atoms with E-state index in [1.54, 1.807) is 0 Å². The van der Waals surface area contributed by atoms with Crippen molar-refractivity contribution in [1.82, 2.24) is 0 Å². The Morgan fingerprint density at radius 3 is 2.47 bits per heavy atom. The van der Waals surface area contributed by atoms with Crippen LogP contribution in [0.3, 0.4) is 0 Å². The SMILES string of the molecule is C[C@@H]1C[C@@H]2CCCC(C)(C)[C@@H]2C[C@@]1(C)[C@@H](C)O. The fourth-order valence-electron chi connectivity index (χ4n) is 4.55. The third kappa shape index (κ3) is 2.16. The van der Waals surface area contributed by atoms with Crippen LogP contribution >= 0.6 is 0 Å². The molecule has 0 unspecified atom stereocenters. The van der Waals surface area contributed by atoms with Crippen LogP contribution in [0.25, 0.3) is 0 Å². The summed E-state index contributed by atoms with van der Waals surface area (Å²) in [5.74, 6) is 2.41. The van der Waals surface area contributed by atoms with Gasteiger partial charge in [-0.1, -0.05) is 40.5 Å². The second kappa shape index (κ2) is 4.26. The van der Waals surface area contributed by atoms with E-state index in [1.807, 2.05) is 6.92 Å². The molecule has 1 N–H and O–H groups in total. The van der Waals surface area contributed by atoms with Gasteiger partial charge in [0.15, 0.2) is 0 Å². The monoisotopic (exact) mass is 238 g/mol. The van der Waals surface area contributed by atoms with Gasteiger partial charge >= 0.3 is 0 Å². The number of hydrogen-bond donors (Lipinski definition) is 1. The van der Waals surface area contributed by atoms with Crippen molar-refractivity contribution in [3.05, 3.63) is 0 Å². The molecule has 100 valence electrons. The quantitative estimate of drug-likeness (QED) is 0.724. The van der Waals surface area contributed by atoms with Crippen molar-refractivity contribution in [3.63, 3.8) is 0 Å². The zero-order valence-corrected chi connectivity index (χ0v) is 12.3. The van der Waals surface area contributed by atoms with Gasteiger partial charge in [0, 0.05) is 0 Å². The molecule has 0 aromatic rings. The van der Waals surface area contributed by atoms with Gasteiger partial charge in [-0.05, 0) is 54.8 Å². The first-order valence-electron chi connectivity index (χ1n) is 7.45. The van der Waals surface area contributed by atoms with E-state index in [2.05, 4.69) is 27.7 Å². The van der Waals surface area contributed by atoms with Gasteiger partial charge in [0.05, 0.1) is 6.10 Å². The summed E-state index contributed by atoms with van der Waals surface area (Å²) in [6.45, 7) is 11.5. The number of aliphatic hydroxyl groups is 1. The summed E-state index contributed by atoms with van der Waals surface area (Å²) in [5.41, 5.74) is 0.620. The third-order valence-electron chi connectivity index (χ3n) is 6.37. The Kier molecular flexibility index (Phi) is 3.36. The highest BCUT2D eigenvalue weighted by molar-refractivity contribution is 5.00. The molecule has 1 nitrogen and oxygen atoms in total. The molecule has 0 amide bonds. The molecule has 2 aliphatic carbocycles. The van der Waals surface area contributed by atoms with Crippen LogP contribution in [0.4, 0.5) is 0 Å². The second-order valence-corrected chi connectivity index (χ2v) is 7.77. The van der Waals surface area contributed by atoms with Crippen molar-refractivity contribution in [1.29, 1.82) is 0 Å². The normalized spacial score (nSPS) is 47.3. The summed E-state index contributed by atoms with van der Waals surface area (Å²) in [4.78, 5) is 0. The number of aliphatic hydroxyl groups excluding tert-OH is 1. The minimum absolute atomic E-state index is 0.135. The molecule has 0 spiro atoms. The minimum Gasteiger partial charge on any atom is -0.393 e. The average Bonchev–Trinajstić information content (AvgIpc) is 2.21. The molecule has 0 aromatic heterocycles. The summed E-state index contributed by atoms with van der Waals surface area (Å²) in [6, 6.07) is 0. The number of fused-ring (bicyclic) bond motifs is 1. The van der Waals surface area contributed by atoms with Crippen molar-refractivity contribution >= 4 is 0 Å². The van der Waals surface area contributed by atoms with Gasteiger partial charge in [0.2, 0.25) is 0 Å². The maximum absolute atomic E-state index is 10.2. The highest BCUT2D eigenvalue weighted by Gasteiger charge is 2.50. The van der Waals surface area contributed by atoms with Crippen LogP contribution in [-0.2, 0) is 0 Å². The van der Waals surface area contributed by atoms with Crippen LogP contribution in [-0.4, -0.2) is 11.2 Å². The largest absolute Gasteiger partial charge is 0.393 e. The van der Waals surface area contributed by atoms with E-state index in [1.165, 1.54) is 32.1 Å². The molecule has 17 heavy (non-hydrogen) atoms. The standard InChI is InChI=1S/C16H30O/c1-11-9-13-7-6-8-15(3,4)14(13)10-16(11,5)12(2)17/h11-14,17H,6-10H2,1-5H3/t11-,12-,13+,14-,16-/m1/s1. The molecule has 1 heteroatoms. The summed E-state index contributed by atoms with van der Waals surface area (Å²) >= 11 is 0. The molecule has 0 heterocycles. The van der Waals surface area contributed by atoms with Gasteiger partial charge in [-0.3, -0.25) is 0 Å². The molecule has 2 rings (SSSR count). The lowest BCUT2D eigenvalue weighted by atomic mass is 9.50. The predicted octanol–water partition coefficient (Wildman–Crippen LogP) is 4.25. The minimum atomic E-state index is -0.170. The van der Waals surface area contributed by atoms with Crippen LogP contribution in [0.15, 0.2) is 0 Å². The highest BCUT2D eigenvalue weighted by Crippen LogP contribution is 2.57. The lowest BCUT2D eigenvalue weighted by molar-refractivity contribution is -0.0951. The van der Waals surface area contributed by atoms with Crippen molar-refractivity contribution < 1.29 is 5.11 Å². The molecule has 5 atom stereocenters. The number of rotatable bonds is 1. The summed E-state index contributed by atoms with van der Waals surface area (Å²) < 4.78 is 0. The molecular formula is C16H30O. The number of hydrogen-bond acceptors (Lipinski definition) is 1. The van der Waals surface area contributed by atoms with E-state index in [-0.39, 0.29) is 11.5 Å². The molecule has 0 bridgehead atoms. The van der Waals surface area contributed by atoms with Crippen LogP contribution in [0.5, 0.6) is 0 Å². The topological polar surface area (TPSA) is 20.2 Å². The Labute approximate surface area is 107 Å². The Bertz CT molecular complexity index is 281. The molecule has 2 aliphatic rings. The first kappa shape index (κ1) is 13.4. The average molecular weight is 238 g/mol. The first-order chi connectivity index (χ1) is 7.77. The molecule has 0 aliphatic heterocycles. The summed E-state index contributed by atoms with van der Waals surface area (Å²) in [7, 11) is 0. The predicted molar refractivity (Wildman–Crippen MR) is 72.8 cm³/mol. The van der Waals surface area contributed by atoms with Crippen molar-refractivity contribution in [3.8, 4) is 0 Å². The lowest BCUT2D eigenvalue weighted by Gasteiger charge is -2.55. The highest BCUT2D eigenvalue weighted by atomic mass is 16.3. The summed E-state index contributed by atoms with van der Waals surface area (Å²) in [5, 5.41) is 10.2. The van der Waals surface area contributed by atoms with Gasteiger partial charge in [0.1, 0.15) is 0 Å². The first-order valence-corrected chi connectivity index (χ1v) is 7.45. The molecule has 0 aromatic carbocycles. The van der Waals surface area contributed by atoms with Gasteiger partial charge in [0.25, 0.3) is 0 Å². The molecule has 0 saturated heterocycles. The Balaban J connectivity index is 2.23. The van der Waals surface area contributed by atoms with E-state index in [0.29, 0.717) is 11.3 Å². The zero-order chi connectivity index (χ0) is 12.8. The smallest absolute Gasteiger partial charge is 0.0568 e. The van der Waals surface area contributed by atoms with Crippen molar-refractivity contribution in [2.24, 2.45) is 28.6 Å². The van der Waals surface area contributed by atoms with Crippen LogP contribution < -0.4 is 0 Å². The van der Waals surface area contributed by atoms with Gasteiger partial charge < -0.3 is 5.11 Å². The van der Waals surface area contributed by atoms with Crippen LogP contribution in [0.1, 0.15) is 66.7 Å². The molecular weight excluding hydrogens is 208 g/mol. The fraction of sp³-hybridized carbons (Fsp3) is 1.00. The zero-order valence-electron chi connectivity index (χ0n) is 12.3. The van der Waals surface area contributed by atoms with Gasteiger partial charge in [-0.15, -0.1) is 0 Å². The van der Waals surface area contributed by atoms with Gasteiger partial charge in [-0.2, -0.15) is 0 Å². The Morgan fingerprint density at radius 2 is 1.88 bits per heavy atom. The maximum Gasteiger partial charge on any atom is 0.0568 e. The van der Waals surface area contributed by atoms with Gasteiger partial charge in [-0.25, -0.2) is 0 Å². The molecule has 2 fully saturated rings. The van der Waals surface area contributed by atoms with E-state index in [0.717, 1.165) is 11.8 Å². The molecule has 0 radical (unpaired) electrons. The third-order valence-corrected chi connectivity index (χ3v) is 6.37. The Hall–Kier alpha value is -0.0400. The van der Waals surface area contributed by atoms with Crippen molar-refractivity contribution in [2.45, 2.75) is 72.8 Å². The lowest BCUT2D eigenvalue weighted by Crippen LogP contribution is -2.49. The van der Waals surface area contributed by atoms with E-state index in [4.69, 9.17) is 0 Å². The van der Waals surface area contributed by atoms with E-state index < -0.39 is 0 Å². The van der Waals surface area contributed by atoms with E-state index >= 15 is 0 Å². The van der Waals surface area contributed by atoms with E-state index in [9.17, 15) is 5.11 Å². The molecule has 2 saturated carbocycles.